The fraction of sp³-hybridized carbons (Fsp3) is 0.385. The van der Waals surface area contributed by atoms with Gasteiger partial charge in [-0.2, -0.15) is 0 Å². The summed E-state index contributed by atoms with van der Waals surface area (Å²) in [5, 5.41) is 1.53. The van der Waals surface area contributed by atoms with Crippen molar-refractivity contribution in [3.8, 4) is 0 Å². The molecule has 3 heteroatoms. The van der Waals surface area contributed by atoms with Crippen molar-refractivity contribution in [3.05, 3.63) is 97.6 Å². The van der Waals surface area contributed by atoms with Crippen LogP contribution >= 0.6 is 11.3 Å². The summed E-state index contributed by atoms with van der Waals surface area (Å²) >= 11 is 2.01. The Hall–Kier alpha value is -3.30. The van der Waals surface area contributed by atoms with Crippen molar-refractivity contribution in [2.75, 3.05) is 16.3 Å². The lowest BCUT2D eigenvalue weighted by Crippen LogP contribution is -2.42. The summed E-state index contributed by atoms with van der Waals surface area (Å²) in [6, 6.07) is 14.2. The van der Waals surface area contributed by atoms with Crippen molar-refractivity contribution < 1.29 is 0 Å². The predicted molar refractivity (Wildman–Crippen MR) is 182 cm³/mol. The third-order valence-electron chi connectivity index (χ3n) is 10.2. The predicted octanol–water partition coefficient (Wildman–Crippen LogP) is 8.74. The van der Waals surface area contributed by atoms with Crippen molar-refractivity contribution in [2.24, 2.45) is 17.8 Å². The van der Waals surface area contributed by atoms with Gasteiger partial charge in [-0.1, -0.05) is 83.2 Å². The molecule has 1 saturated heterocycles. The van der Waals surface area contributed by atoms with Gasteiger partial charge in [-0.05, 0) is 100 Å². The van der Waals surface area contributed by atoms with Crippen LogP contribution in [0.25, 0.3) is 23.8 Å². The largest absolute Gasteiger partial charge is 0.348 e. The van der Waals surface area contributed by atoms with Gasteiger partial charge in [0.1, 0.15) is 6.17 Å². The van der Waals surface area contributed by atoms with Crippen LogP contribution in [0.2, 0.25) is 0 Å². The molecule has 0 radical (unpaired) electrons. The normalized spacial score (nSPS) is 25.1. The minimum absolute atomic E-state index is 0.290. The molecule has 8 rings (SSSR count). The summed E-state index contributed by atoms with van der Waals surface area (Å²) in [5.41, 5.74) is 11.5. The number of thiophene rings is 1. The first kappa shape index (κ1) is 26.3. The molecule has 3 unspecified atom stereocenters. The highest BCUT2D eigenvalue weighted by Crippen LogP contribution is 2.55. The number of rotatable bonds is 4. The molecular weight excluding hydrogens is 529 g/mol. The van der Waals surface area contributed by atoms with E-state index in [4.69, 9.17) is 0 Å². The Morgan fingerprint density at radius 3 is 2.38 bits per heavy atom. The Labute approximate surface area is 255 Å². The van der Waals surface area contributed by atoms with Crippen LogP contribution in [0.4, 0.5) is 17.1 Å². The SMILES string of the molecule is CC(C)c1cc(C2=CCCC=C2)cc(C(C)C)c1N1c2ccccc2N2CC3C=c4sc5c(c4=CC3C21)C[C@@H](C)C=C5. The summed E-state index contributed by atoms with van der Waals surface area (Å²) in [4.78, 5) is 6.99. The lowest BCUT2D eigenvalue weighted by atomic mass is 9.84. The first-order valence-electron chi connectivity index (χ1n) is 16.1. The van der Waals surface area contributed by atoms with Gasteiger partial charge in [0.25, 0.3) is 0 Å². The van der Waals surface area contributed by atoms with Crippen LogP contribution in [-0.4, -0.2) is 12.7 Å². The van der Waals surface area contributed by atoms with Crippen LogP contribution in [0.1, 0.15) is 86.4 Å². The summed E-state index contributed by atoms with van der Waals surface area (Å²) in [6.07, 6.45) is 21.0. The van der Waals surface area contributed by atoms with Gasteiger partial charge in [-0.25, -0.2) is 0 Å². The molecular formula is C39H42N2S. The fourth-order valence-corrected chi connectivity index (χ4v) is 9.39. The standard InChI is InChI=1S/C39H42N2S/c1-23(2)29-18-27(26-11-7-6-8-12-26)19-30(24(3)4)38(29)41-35-14-10-9-13-34(35)40-22-28-20-37-33(21-31(28)39(40)41)32-17-25(5)15-16-36(32)42-37/h7,9-16,18-21,23-25,28,31,39H,6,8,17,22H2,1-5H3/t25-,28?,31?,39?/m0/s1. The zero-order valence-electron chi connectivity index (χ0n) is 25.6. The molecule has 3 aliphatic carbocycles. The quantitative estimate of drug-likeness (QED) is 0.309. The summed E-state index contributed by atoms with van der Waals surface area (Å²) in [7, 11) is 0. The van der Waals surface area contributed by atoms with E-state index in [1.54, 1.807) is 5.56 Å². The Balaban J connectivity index is 1.33. The van der Waals surface area contributed by atoms with E-state index in [1.807, 2.05) is 11.3 Å². The molecule has 3 heterocycles. The molecule has 4 atom stereocenters. The molecule has 0 amide bonds. The van der Waals surface area contributed by atoms with E-state index in [1.165, 1.54) is 60.4 Å². The first-order chi connectivity index (χ1) is 20.4. The minimum Gasteiger partial charge on any atom is -0.348 e. The number of benzene rings is 2. The van der Waals surface area contributed by atoms with E-state index < -0.39 is 0 Å². The molecule has 1 aromatic heterocycles. The Morgan fingerprint density at radius 2 is 1.67 bits per heavy atom. The van der Waals surface area contributed by atoms with Crippen molar-refractivity contribution in [2.45, 2.75) is 71.9 Å². The maximum absolute atomic E-state index is 2.77. The van der Waals surface area contributed by atoms with Crippen LogP contribution in [-0.2, 0) is 6.42 Å². The zero-order chi connectivity index (χ0) is 28.7. The zero-order valence-corrected chi connectivity index (χ0v) is 26.4. The average Bonchev–Trinajstić information content (AvgIpc) is 3.63. The third kappa shape index (κ3) is 3.96. The van der Waals surface area contributed by atoms with Crippen molar-refractivity contribution in [1.82, 2.24) is 0 Å². The maximum atomic E-state index is 2.77. The number of hydrogen-bond acceptors (Lipinski definition) is 3. The Bertz CT molecular complexity index is 1770. The highest BCUT2D eigenvalue weighted by molar-refractivity contribution is 7.11. The number of fused-ring (bicyclic) bond motifs is 8. The summed E-state index contributed by atoms with van der Waals surface area (Å²) in [6.45, 7) is 13.0. The van der Waals surface area contributed by atoms with Gasteiger partial charge >= 0.3 is 0 Å². The van der Waals surface area contributed by atoms with Gasteiger partial charge in [-0.3, -0.25) is 0 Å². The Morgan fingerprint density at radius 1 is 0.905 bits per heavy atom. The molecule has 0 N–H and O–H groups in total. The topological polar surface area (TPSA) is 6.48 Å². The number of nitrogens with zero attached hydrogens (tertiary/aromatic N) is 2. The second kappa shape index (κ2) is 9.88. The van der Waals surface area contributed by atoms with Crippen LogP contribution < -0.4 is 19.6 Å². The fourth-order valence-electron chi connectivity index (χ4n) is 8.15. The molecule has 2 nitrogen and oxygen atoms in total. The highest BCUT2D eigenvalue weighted by Gasteiger charge is 2.50. The molecule has 1 fully saturated rings. The summed E-state index contributed by atoms with van der Waals surface area (Å²) < 4.78 is 1.50. The van der Waals surface area contributed by atoms with E-state index >= 15 is 0 Å². The van der Waals surface area contributed by atoms with Gasteiger partial charge in [0, 0.05) is 27.8 Å². The third-order valence-corrected chi connectivity index (χ3v) is 11.4. The lowest BCUT2D eigenvalue weighted by Gasteiger charge is -2.36. The van der Waals surface area contributed by atoms with Gasteiger partial charge in [-0.15, -0.1) is 11.3 Å². The summed E-state index contributed by atoms with van der Waals surface area (Å²) in [5.74, 6) is 2.45. The molecule has 2 aliphatic heterocycles. The molecule has 0 spiro atoms. The monoisotopic (exact) mass is 570 g/mol. The van der Waals surface area contributed by atoms with Crippen LogP contribution in [0, 0.1) is 17.8 Å². The van der Waals surface area contributed by atoms with E-state index in [9.17, 15) is 0 Å². The molecule has 0 saturated carbocycles. The number of anilines is 3. The van der Waals surface area contributed by atoms with Gasteiger partial charge in [0.15, 0.2) is 0 Å². The van der Waals surface area contributed by atoms with E-state index in [0.717, 1.165) is 19.4 Å². The molecule has 214 valence electrons. The van der Waals surface area contributed by atoms with Crippen molar-refractivity contribution in [3.63, 3.8) is 0 Å². The smallest absolute Gasteiger partial charge is 0.113 e. The second-order valence-electron chi connectivity index (χ2n) is 13.7. The molecule has 5 aliphatic rings. The van der Waals surface area contributed by atoms with Crippen LogP contribution in [0.15, 0.2) is 60.7 Å². The van der Waals surface area contributed by atoms with E-state index in [2.05, 4.69) is 123 Å². The first-order valence-corrected chi connectivity index (χ1v) is 16.9. The number of hydrogen-bond donors (Lipinski definition) is 0. The highest BCUT2D eigenvalue weighted by atomic mass is 32.1. The molecule has 0 bridgehead atoms. The average molecular weight is 571 g/mol. The van der Waals surface area contributed by atoms with Crippen molar-refractivity contribution >= 4 is 52.2 Å². The van der Waals surface area contributed by atoms with Gasteiger partial charge < -0.3 is 9.80 Å². The minimum atomic E-state index is 0.290. The van der Waals surface area contributed by atoms with Crippen LogP contribution in [0.3, 0.4) is 0 Å². The van der Waals surface area contributed by atoms with Crippen molar-refractivity contribution in [1.29, 1.82) is 0 Å². The van der Waals surface area contributed by atoms with Gasteiger partial charge in [0.05, 0.1) is 17.1 Å². The molecule has 3 aromatic rings. The number of allylic oxidation sites excluding steroid dienone is 5. The maximum Gasteiger partial charge on any atom is 0.113 e. The molecule has 42 heavy (non-hydrogen) atoms. The molecule has 2 aromatic carbocycles. The lowest BCUT2D eigenvalue weighted by molar-refractivity contribution is 0.552. The van der Waals surface area contributed by atoms with E-state index in [0.29, 0.717) is 35.8 Å². The second-order valence-corrected chi connectivity index (χ2v) is 14.8. The van der Waals surface area contributed by atoms with E-state index in [-0.39, 0.29) is 0 Å². The van der Waals surface area contributed by atoms with Crippen LogP contribution in [0.5, 0.6) is 0 Å². The Kier molecular flexibility index (Phi) is 6.19. The number of para-hydroxylation sites is 2. The van der Waals surface area contributed by atoms with Gasteiger partial charge in [0.2, 0.25) is 0 Å².